The Balaban J connectivity index is 1.91. The van der Waals surface area contributed by atoms with Crippen LogP contribution in [0.3, 0.4) is 0 Å². The number of halogens is 1. The fraction of sp³-hybridized carbons (Fsp3) is 0.455. The molecular weight excluding hydrogens is 224 g/mol. The van der Waals surface area contributed by atoms with E-state index in [1.54, 1.807) is 6.07 Å². The number of hydrogen-bond donors (Lipinski definition) is 1. The van der Waals surface area contributed by atoms with Crippen LogP contribution in [0.5, 0.6) is 0 Å². The van der Waals surface area contributed by atoms with Gasteiger partial charge < -0.3 is 14.4 Å². The topological polar surface area (TPSA) is 41.9 Å². The minimum absolute atomic E-state index is 0.306. The Kier molecular flexibility index (Phi) is 2.88. The lowest BCUT2D eigenvalue weighted by Crippen LogP contribution is -2.39. The van der Waals surface area contributed by atoms with Gasteiger partial charge in [-0.2, -0.15) is 0 Å². The predicted molar refractivity (Wildman–Crippen MR) is 60.2 cm³/mol. The number of rotatable bonds is 1. The zero-order valence-electron chi connectivity index (χ0n) is 9.30. The molecule has 3 rings (SSSR count). The summed E-state index contributed by atoms with van der Waals surface area (Å²) >= 11 is 0. The maximum absolute atomic E-state index is 13.2. The van der Waals surface area contributed by atoms with Gasteiger partial charge in [-0.05, 0) is 23.2 Å². The van der Waals surface area contributed by atoms with Crippen molar-refractivity contribution >= 4 is 12.6 Å². The van der Waals surface area contributed by atoms with Gasteiger partial charge in [-0.3, -0.25) is 4.90 Å². The van der Waals surface area contributed by atoms with Crippen molar-refractivity contribution in [3.8, 4) is 0 Å². The lowest BCUT2D eigenvalue weighted by molar-refractivity contribution is -0.0487. The lowest BCUT2D eigenvalue weighted by Gasteiger charge is -2.32. The summed E-state index contributed by atoms with van der Waals surface area (Å²) in [5.41, 5.74) is 1.38. The zero-order valence-corrected chi connectivity index (χ0v) is 9.30. The van der Waals surface area contributed by atoms with Crippen LogP contribution in [-0.4, -0.2) is 43.3 Å². The summed E-state index contributed by atoms with van der Waals surface area (Å²) in [6, 6.07) is 4.36. The average Bonchev–Trinajstić information content (AvgIpc) is 2.67. The van der Waals surface area contributed by atoms with Gasteiger partial charge >= 0.3 is 7.12 Å². The van der Waals surface area contributed by atoms with Gasteiger partial charge in [0.05, 0.1) is 13.2 Å². The Labute approximate surface area is 99.1 Å². The molecule has 0 aliphatic carbocycles. The van der Waals surface area contributed by atoms with Gasteiger partial charge in [-0.25, -0.2) is 4.39 Å². The van der Waals surface area contributed by atoms with Crippen molar-refractivity contribution < 1.29 is 18.8 Å². The smallest absolute Gasteiger partial charge is 0.423 e. The second-order valence-corrected chi connectivity index (χ2v) is 4.26. The third-order valence-corrected chi connectivity index (χ3v) is 3.22. The zero-order chi connectivity index (χ0) is 11.8. The van der Waals surface area contributed by atoms with E-state index in [1.807, 2.05) is 0 Å². The summed E-state index contributed by atoms with van der Waals surface area (Å²) in [5.74, 6) is -0.306. The van der Waals surface area contributed by atoms with E-state index in [4.69, 9.17) is 9.39 Å². The third kappa shape index (κ3) is 1.97. The van der Waals surface area contributed by atoms with Gasteiger partial charge in [0, 0.05) is 13.1 Å². The van der Waals surface area contributed by atoms with E-state index in [2.05, 4.69) is 4.90 Å². The Morgan fingerprint density at radius 1 is 1.35 bits per heavy atom. The van der Waals surface area contributed by atoms with E-state index in [9.17, 15) is 9.41 Å². The molecule has 1 N–H and O–H groups in total. The van der Waals surface area contributed by atoms with E-state index in [0.29, 0.717) is 18.7 Å². The maximum atomic E-state index is 13.2. The summed E-state index contributed by atoms with van der Waals surface area (Å²) in [5, 5.41) is 9.77. The maximum Gasteiger partial charge on any atom is 0.492 e. The first-order chi connectivity index (χ1) is 8.25. The molecule has 1 saturated heterocycles. The van der Waals surface area contributed by atoms with E-state index in [1.165, 1.54) is 12.1 Å². The SMILES string of the molecule is OB1OC(N2CCOCC2)c2cc(F)ccc21. The second-order valence-electron chi connectivity index (χ2n) is 4.26. The number of benzene rings is 1. The molecule has 0 spiro atoms. The molecule has 4 nitrogen and oxygen atoms in total. The van der Waals surface area contributed by atoms with Crippen molar-refractivity contribution in [1.29, 1.82) is 0 Å². The van der Waals surface area contributed by atoms with E-state index in [0.717, 1.165) is 18.7 Å². The fourth-order valence-electron chi connectivity index (χ4n) is 2.35. The molecule has 1 aromatic carbocycles. The van der Waals surface area contributed by atoms with Gasteiger partial charge in [-0.1, -0.05) is 6.07 Å². The number of fused-ring (bicyclic) bond motifs is 1. The molecule has 1 atom stereocenters. The molecule has 1 unspecified atom stereocenters. The van der Waals surface area contributed by atoms with E-state index >= 15 is 0 Å². The molecule has 6 heteroatoms. The highest BCUT2D eigenvalue weighted by molar-refractivity contribution is 6.61. The van der Waals surface area contributed by atoms with Crippen molar-refractivity contribution in [2.45, 2.75) is 6.23 Å². The van der Waals surface area contributed by atoms with Gasteiger partial charge in [0.15, 0.2) is 0 Å². The van der Waals surface area contributed by atoms with Crippen LogP contribution in [0.1, 0.15) is 11.8 Å². The van der Waals surface area contributed by atoms with Crippen LogP contribution < -0.4 is 5.46 Å². The van der Waals surface area contributed by atoms with Gasteiger partial charge in [0.25, 0.3) is 0 Å². The summed E-state index contributed by atoms with van der Waals surface area (Å²) < 4.78 is 24.0. The number of hydrogen-bond acceptors (Lipinski definition) is 4. The molecule has 2 heterocycles. The first kappa shape index (κ1) is 11.2. The number of morpholine rings is 1. The molecule has 2 aliphatic heterocycles. The van der Waals surface area contributed by atoms with Crippen LogP contribution >= 0.6 is 0 Å². The highest BCUT2D eigenvalue weighted by Gasteiger charge is 2.38. The molecule has 0 bridgehead atoms. The number of nitrogens with zero attached hydrogens (tertiary/aromatic N) is 1. The van der Waals surface area contributed by atoms with Gasteiger partial charge in [-0.15, -0.1) is 0 Å². The molecule has 0 aromatic heterocycles. The average molecular weight is 237 g/mol. The van der Waals surface area contributed by atoms with Crippen molar-refractivity contribution in [1.82, 2.24) is 4.90 Å². The van der Waals surface area contributed by atoms with Gasteiger partial charge in [0.2, 0.25) is 0 Å². The molecule has 90 valence electrons. The monoisotopic (exact) mass is 237 g/mol. The summed E-state index contributed by atoms with van der Waals surface area (Å²) in [7, 11) is -0.960. The Hall–Kier alpha value is -0.945. The first-order valence-corrected chi connectivity index (χ1v) is 5.70. The second kappa shape index (κ2) is 4.38. The number of ether oxygens (including phenoxy) is 1. The molecule has 0 saturated carbocycles. The molecular formula is C11H13BFNO3. The van der Waals surface area contributed by atoms with Crippen LogP contribution in [0.2, 0.25) is 0 Å². The van der Waals surface area contributed by atoms with Crippen LogP contribution in [-0.2, 0) is 9.39 Å². The molecule has 2 aliphatic rings. The van der Waals surface area contributed by atoms with Crippen LogP contribution in [0, 0.1) is 5.82 Å². The predicted octanol–water partition coefficient (Wildman–Crippen LogP) is -0.126. The molecule has 0 amide bonds. The normalized spacial score (nSPS) is 25.1. The van der Waals surface area contributed by atoms with Gasteiger partial charge in [0.1, 0.15) is 12.0 Å². The molecule has 1 fully saturated rings. The Bertz CT molecular complexity index is 425. The molecule has 17 heavy (non-hydrogen) atoms. The summed E-state index contributed by atoms with van der Waals surface area (Å²) in [6.45, 7) is 2.74. The van der Waals surface area contributed by atoms with E-state index < -0.39 is 7.12 Å². The lowest BCUT2D eigenvalue weighted by atomic mass is 9.79. The minimum Gasteiger partial charge on any atom is -0.423 e. The van der Waals surface area contributed by atoms with Crippen molar-refractivity contribution in [2.24, 2.45) is 0 Å². The third-order valence-electron chi connectivity index (χ3n) is 3.22. The van der Waals surface area contributed by atoms with Crippen LogP contribution in [0.15, 0.2) is 18.2 Å². The highest BCUT2D eigenvalue weighted by atomic mass is 19.1. The molecule has 1 aromatic rings. The van der Waals surface area contributed by atoms with Crippen molar-refractivity contribution in [2.75, 3.05) is 26.3 Å². The first-order valence-electron chi connectivity index (χ1n) is 5.70. The molecule has 0 radical (unpaired) electrons. The fourth-order valence-corrected chi connectivity index (χ4v) is 2.35. The van der Waals surface area contributed by atoms with E-state index in [-0.39, 0.29) is 12.0 Å². The summed E-state index contributed by atoms with van der Waals surface area (Å²) in [6.07, 6.45) is -0.361. The minimum atomic E-state index is -0.960. The standard InChI is InChI=1S/C11H13BFNO3/c13-8-1-2-10-9(7-8)11(17-12(10)15)14-3-5-16-6-4-14/h1-2,7,11,15H,3-6H2. The largest absolute Gasteiger partial charge is 0.492 e. The van der Waals surface area contributed by atoms with Crippen molar-refractivity contribution in [3.05, 3.63) is 29.6 Å². The Morgan fingerprint density at radius 2 is 2.12 bits per heavy atom. The van der Waals surface area contributed by atoms with Crippen LogP contribution in [0.25, 0.3) is 0 Å². The van der Waals surface area contributed by atoms with Crippen molar-refractivity contribution in [3.63, 3.8) is 0 Å². The summed E-state index contributed by atoms with van der Waals surface area (Å²) in [4.78, 5) is 2.05. The highest BCUT2D eigenvalue weighted by Crippen LogP contribution is 2.28. The quantitative estimate of drug-likeness (QED) is 0.691. The van der Waals surface area contributed by atoms with Crippen LogP contribution in [0.4, 0.5) is 4.39 Å². The Morgan fingerprint density at radius 3 is 2.88 bits per heavy atom.